The summed E-state index contributed by atoms with van der Waals surface area (Å²) in [5.41, 5.74) is 1.76. The number of esters is 1. The van der Waals surface area contributed by atoms with E-state index >= 15 is 0 Å². The minimum absolute atomic E-state index is 0.241. The lowest BCUT2D eigenvalue weighted by atomic mass is 10.1. The highest BCUT2D eigenvalue weighted by Gasteiger charge is 2.14. The fourth-order valence-corrected chi connectivity index (χ4v) is 3.16. The predicted molar refractivity (Wildman–Crippen MR) is 116 cm³/mol. The van der Waals surface area contributed by atoms with Gasteiger partial charge in [-0.3, -0.25) is 9.59 Å². The molecule has 0 bridgehead atoms. The number of rotatable bonds is 7. The van der Waals surface area contributed by atoms with E-state index in [4.69, 9.17) is 9.47 Å². The molecule has 0 heterocycles. The van der Waals surface area contributed by atoms with Crippen LogP contribution in [0.3, 0.4) is 0 Å². The number of benzene rings is 3. The second-order valence-electron chi connectivity index (χ2n) is 6.25. The largest absolute Gasteiger partial charge is 0.496 e. The smallest absolute Gasteiger partial charge is 0.338 e. The number of ketones is 1. The summed E-state index contributed by atoms with van der Waals surface area (Å²) in [4.78, 5) is 36.6. The lowest BCUT2D eigenvalue weighted by Crippen LogP contribution is -2.15. The van der Waals surface area contributed by atoms with Crippen LogP contribution in [0.2, 0.25) is 0 Å². The van der Waals surface area contributed by atoms with Crippen LogP contribution < -0.4 is 10.1 Å². The number of amides is 1. The number of carbonyl (C=O) groups is 3. The monoisotopic (exact) mass is 467 g/mol. The van der Waals surface area contributed by atoms with Crippen molar-refractivity contribution in [2.75, 3.05) is 19.0 Å². The Labute approximate surface area is 181 Å². The third-order valence-electron chi connectivity index (χ3n) is 4.22. The molecule has 0 aliphatic heterocycles. The van der Waals surface area contributed by atoms with Crippen molar-refractivity contribution >= 4 is 39.3 Å². The molecule has 30 heavy (non-hydrogen) atoms. The Kier molecular flexibility index (Phi) is 6.98. The lowest BCUT2D eigenvalue weighted by molar-refractivity contribution is 0.0474. The SMILES string of the molecule is COc1ccc(C(=O)OCC(=O)c2ccc(NC(=O)c3ccccc3)cc2)cc1Br. The van der Waals surface area contributed by atoms with Crippen LogP contribution in [0.4, 0.5) is 5.69 Å². The van der Waals surface area contributed by atoms with Gasteiger partial charge in [0.25, 0.3) is 5.91 Å². The average Bonchev–Trinajstić information content (AvgIpc) is 2.78. The zero-order chi connectivity index (χ0) is 21.5. The van der Waals surface area contributed by atoms with E-state index < -0.39 is 12.6 Å². The van der Waals surface area contributed by atoms with E-state index in [0.29, 0.717) is 32.6 Å². The van der Waals surface area contributed by atoms with Gasteiger partial charge in [-0.15, -0.1) is 0 Å². The minimum Gasteiger partial charge on any atom is -0.496 e. The average molecular weight is 468 g/mol. The summed E-state index contributed by atoms with van der Waals surface area (Å²) in [6.07, 6.45) is 0. The Morgan fingerprint density at radius 1 is 0.867 bits per heavy atom. The number of anilines is 1. The van der Waals surface area contributed by atoms with Gasteiger partial charge in [-0.1, -0.05) is 18.2 Å². The number of Topliss-reactive ketones (excluding diaryl/α,β-unsaturated/α-hetero) is 1. The molecule has 6 nitrogen and oxygen atoms in total. The van der Waals surface area contributed by atoms with Gasteiger partial charge in [0.05, 0.1) is 17.1 Å². The van der Waals surface area contributed by atoms with Crippen LogP contribution in [-0.4, -0.2) is 31.4 Å². The zero-order valence-corrected chi connectivity index (χ0v) is 17.6. The summed E-state index contributed by atoms with van der Waals surface area (Å²) in [5, 5.41) is 2.76. The van der Waals surface area contributed by atoms with Gasteiger partial charge >= 0.3 is 5.97 Å². The van der Waals surface area contributed by atoms with Crippen LogP contribution in [-0.2, 0) is 4.74 Å². The highest BCUT2D eigenvalue weighted by atomic mass is 79.9. The fourth-order valence-electron chi connectivity index (χ4n) is 2.62. The number of hydrogen-bond acceptors (Lipinski definition) is 5. The van der Waals surface area contributed by atoms with Crippen LogP contribution in [0.1, 0.15) is 31.1 Å². The van der Waals surface area contributed by atoms with Crippen molar-refractivity contribution in [2.45, 2.75) is 0 Å². The molecular formula is C23H18BrNO5. The molecule has 0 aliphatic rings. The Bertz CT molecular complexity index is 1060. The molecule has 1 N–H and O–H groups in total. The molecule has 0 spiro atoms. The molecule has 3 aromatic carbocycles. The van der Waals surface area contributed by atoms with Crippen molar-refractivity contribution in [2.24, 2.45) is 0 Å². The molecule has 0 radical (unpaired) electrons. The van der Waals surface area contributed by atoms with E-state index in [-0.39, 0.29) is 11.7 Å². The van der Waals surface area contributed by atoms with Crippen molar-refractivity contribution in [1.29, 1.82) is 0 Å². The van der Waals surface area contributed by atoms with Crippen molar-refractivity contribution in [3.05, 3.63) is 94.0 Å². The van der Waals surface area contributed by atoms with Gasteiger partial charge in [-0.05, 0) is 70.5 Å². The molecule has 0 aliphatic carbocycles. The van der Waals surface area contributed by atoms with Crippen LogP contribution in [0.5, 0.6) is 5.75 Å². The minimum atomic E-state index is -0.613. The number of halogens is 1. The number of ether oxygens (including phenoxy) is 2. The van der Waals surface area contributed by atoms with Crippen LogP contribution in [0.15, 0.2) is 77.3 Å². The van der Waals surface area contributed by atoms with E-state index in [1.165, 1.54) is 7.11 Å². The first-order valence-electron chi connectivity index (χ1n) is 8.98. The van der Waals surface area contributed by atoms with E-state index in [9.17, 15) is 14.4 Å². The molecule has 0 atom stereocenters. The molecule has 1 amide bonds. The molecule has 0 saturated carbocycles. The molecule has 3 aromatic rings. The molecule has 0 aromatic heterocycles. The van der Waals surface area contributed by atoms with Crippen molar-refractivity contribution in [3.8, 4) is 5.75 Å². The highest BCUT2D eigenvalue weighted by Crippen LogP contribution is 2.25. The van der Waals surface area contributed by atoms with Gasteiger partial charge in [0, 0.05) is 16.8 Å². The van der Waals surface area contributed by atoms with E-state index in [2.05, 4.69) is 21.2 Å². The number of nitrogens with one attached hydrogen (secondary N) is 1. The van der Waals surface area contributed by atoms with Crippen LogP contribution in [0, 0.1) is 0 Å². The van der Waals surface area contributed by atoms with E-state index in [1.807, 2.05) is 6.07 Å². The van der Waals surface area contributed by atoms with E-state index in [0.717, 1.165) is 0 Å². The van der Waals surface area contributed by atoms with Crippen molar-refractivity contribution in [1.82, 2.24) is 0 Å². The normalized spacial score (nSPS) is 10.2. The summed E-state index contributed by atoms with van der Waals surface area (Å²) in [6.45, 7) is -0.391. The van der Waals surface area contributed by atoms with E-state index in [1.54, 1.807) is 66.7 Å². The summed E-state index contributed by atoms with van der Waals surface area (Å²) >= 11 is 3.30. The van der Waals surface area contributed by atoms with Gasteiger partial charge in [0.2, 0.25) is 0 Å². The quantitative estimate of drug-likeness (QED) is 0.400. The Hall–Kier alpha value is -3.45. The Morgan fingerprint density at radius 3 is 2.17 bits per heavy atom. The maximum atomic E-state index is 12.3. The molecule has 7 heteroatoms. The number of hydrogen-bond donors (Lipinski definition) is 1. The van der Waals surface area contributed by atoms with Gasteiger partial charge in [-0.2, -0.15) is 0 Å². The Balaban J connectivity index is 1.56. The molecule has 0 unspecified atom stereocenters. The third-order valence-corrected chi connectivity index (χ3v) is 4.84. The molecule has 0 saturated heterocycles. The third kappa shape index (κ3) is 5.33. The predicted octanol–water partition coefficient (Wildman–Crippen LogP) is 4.75. The first kappa shape index (κ1) is 21.3. The summed E-state index contributed by atoms with van der Waals surface area (Å²) < 4.78 is 10.8. The number of methoxy groups -OCH3 is 1. The summed E-state index contributed by atoms with van der Waals surface area (Å²) in [5.74, 6) is -0.619. The summed E-state index contributed by atoms with van der Waals surface area (Å²) in [6, 6.07) is 19.9. The molecular weight excluding hydrogens is 450 g/mol. The van der Waals surface area contributed by atoms with Gasteiger partial charge in [0.1, 0.15) is 5.75 Å². The standard InChI is InChI=1S/C23H18BrNO5/c1-29-21-12-9-17(13-19(21)24)23(28)30-14-20(26)15-7-10-18(11-8-15)25-22(27)16-5-3-2-4-6-16/h2-13H,14H2,1H3,(H,25,27). The fraction of sp³-hybridized carbons (Fsp3) is 0.0870. The van der Waals surface area contributed by atoms with Crippen molar-refractivity contribution < 1.29 is 23.9 Å². The second-order valence-corrected chi connectivity index (χ2v) is 7.10. The number of carbonyl (C=O) groups excluding carboxylic acids is 3. The molecule has 0 fully saturated rings. The van der Waals surface area contributed by atoms with Gasteiger partial charge in [-0.25, -0.2) is 4.79 Å². The first-order valence-corrected chi connectivity index (χ1v) is 9.77. The van der Waals surface area contributed by atoms with Crippen LogP contribution in [0.25, 0.3) is 0 Å². The maximum absolute atomic E-state index is 12.3. The van der Waals surface area contributed by atoms with Crippen LogP contribution >= 0.6 is 15.9 Å². The molecule has 152 valence electrons. The topological polar surface area (TPSA) is 81.7 Å². The lowest BCUT2D eigenvalue weighted by Gasteiger charge is -2.08. The van der Waals surface area contributed by atoms with Gasteiger partial charge in [0.15, 0.2) is 12.4 Å². The summed E-state index contributed by atoms with van der Waals surface area (Å²) in [7, 11) is 1.52. The zero-order valence-electron chi connectivity index (χ0n) is 16.1. The molecule has 3 rings (SSSR count). The first-order chi connectivity index (χ1) is 14.5. The highest BCUT2D eigenvalue weighted by molar-refractivity contribution is 9.10. The second kappa shape index (κ2) is 9.84. The maximum Gasteiger partial charge on any atom is 0.338 e. The van der Waals surface area contributed by atoms with Crippen molar-refractivity contribution in [3.63, 3.8) is 0 Å². The Morgan fingerprint density at radius 2 is 1.53 bits per heavy atom. The van der Waals surface area contributed by atoms with Gasteiger partial charge < -0.3 is 14.8 Å².